The van der Waals surface area contributed by atoms with Crippen LogP contribution >= 0.6 is 15.9 Å². The van der Waals surface area contributed by atoms with Gasteiger partial charge >= 0.3 is 0 Å². The van der Waals surface area contributed by atoms with Gasteiger partial charge in [-0.3, -0.25) is 4.79 Å². The predicted molar refractivity (Wildman–Crippen MR) is 117 cm³/mol. The van der Waals surface area contributed by atoms with Gasteiger partial charge in [0.2, 0.25) is 5.89 Å². The Morgan fingerprint density at radius 1 is 1.17 bits per heavy atom. The molecule has 0 spiro atoms. The number of ether oxygens (including phenoxy) is 1. The van der Waals surface area contributed by atoms with E-state index in [-0.39, 0.29) is 5.91 Å². The maximum atomic E-state index is 12.3. The van der Waals surface area contributed by atoms with Gasteiger partial charge in [-0.05, 0) is 60.0 Å². The van der Waals surface area contributed by atoms with E-state index < -0.39 is 0 Å². The summed E-state index contributed by atoms with van der Waals surface area (Å²) in [5.41, 5.74) is 2.90. The number of aromatic nitrogens is 4. The first kappa shape index (κ1) is 22.2. The van der Waals surface area contributed by atoms with Crippen molar-refractivity contribution in [1.29, 1.82) is 0 Å². The maximum Gasteiger partial charge on any atom is 0.269 e. The molecule has 1 N–H and O–H groups in total. The fourth-order valence-electron chi connectivity index (χ4n) is 2.84. The summed E-state index contributed by atoms with van der Waals surface area (Å²) in [7, 11) is 0. The van der Waals surface area contributed by atoms with E-state index in [4.69, 9.17) is 9.15 Å². The molecule has 0 aliphatic heterocycles. The van der Waals surface area contributed by atoms with E-state index >= 15 is 0 Å². The standard InChI is InChI=1S/C21H26BrN5O3/c1-4-5-12-29-13-6-11-23-20(28)16-7-9-17(10-8-16)27-14(2)18(22)19(26-27)21-25-24-15(3)30-21/h7-10H,4-6,11-13H2,1-3H3,(H,23,28). The molecule has 0 radical (unpaired) electrons. The minimum atomic E-state index is -0.101. The van der Waals surface area contributed by atoms with Crippen LogP contribution in [0.5, 0.6) is 0 Å². The van der Waals surface area contributed by atoms with Crippen molar-refractivity contribution in [2.75, 3.05) is 19.8 Å². The van der Waals surface area contributed by atoms with Gasteiger partial charge < -0.3 is 14.5 Å². The van der Waals surface area contributed by atoms with Crippen molar-refractivity contribution in [1.82, 2.24) is 25.3 Å². The van der Waals surface area contributed by atoms with Gasteiger partial charge in [-0.1, -0.05) is 13.3 Å². The number of carbonyl (C=O) groups is 1. The Morgan fingerprint density at radius 2 is 1.90 bits per heavy atom. The second kappa shape index (κ2) is 10.5. The molecule has 0 unspecified atom stereocenters. The number of unbranched alkanes of at least 4 members (excludes halogenated alkanes) is 1. The Balaban J connectivity index is 1.61. The molecule has 3 rings (SSSR count). The average Bonchev–Trinajstić information content (AvgIpc) is 3.30. The van der Waals surface area contributed by atoms with Crippen LogP contribution in [0, 0.1) is 13.8 Å². The van der Waals surface area contributed by atoms with E-state index in [1.54, 1.807) is 23.7 Å². The van der Waals surface area contributed by atoms with Crippen molar-refractivity contribution < 1.29 is 13.9 Å². The maximum absolute atomic E-state index is 12.3. The third-order valence-electron chi connectivity index (χ3n) is 4.54. The molecule has 30 heavy (non-hydrogen) atoms. The minimum absolute atomic E-state index is 0.101. The van der Waals surface area contributed by atoms with Gasteiger partial charge in [0.25, 0.3) is 11.8 Å². The Morgan fingerprint density at radius 3 is 2.57 bits per heavy atom. The van der Waals surface area contributed by atoms with Crippen LogP contribution in [0.15, 0.2) is 33.2 Å². The van der Waals surface area contributed by atoms with Gasteiger partial charge in [0.1, 0.15) is 0 Å². The highest BCUT2D eigenvalue weighted by Crippen LogP contribution is 2.30. The molecule has 0 saturated heterocycles. The molecule has 0 bridgehead atoms. The van der Waals surface area contributed by atoms with Gasteiger partial charge in [0.05, 0.1) is 15.9 Å². The van der Waals surface area contributed by atoms with Gasteiger partial charge in [-0.25, -0.2) is 4.68 Å². The van der Waals surface area contributed by atoms with Crippen LogP contribution < -0.4 is 5.32 Å². The largest absolute Gasteiger partial charge is 0.420 e. The SMILES string of the molecule is CCCCOCCCNC(=O)c1ccc(-n2nc(-c3nnc(C)o3)c(Br)c2C)cc1. The van der Waals surface area contributed by atoms with Crippen LogP contribution in [0.4, 0.5) is 0 Å². The minimum Gasteiger partial charge on any atom is -0.420 e. The Kier molecular flexibility index (Phi) is 7.75. The van der Waals surface area contributed by atoms with Crippen molar-refractivity contribution in [2.24, 2.45) is 0 Å². The second-order valence-electron chi connectivity index (χ2n) is 6.91. The third kappa shape index (κ3) is 5.34. The first-order chi connectivity index (χ1) is 14.5. The smallest absolute Gasteiger partial charge is 0.269 e. The lowest BCUT2D eigenvalue weighted by atomic mass is 10.2. The lowest BCUT2D eigenvalue weighted by Crippen LogP contribution is -2.25. The van der Waals surface area contributed by atoms with Gasteiger partial charge in [0, 0.05) is 32.2 Å². The molecule has 3 aromatic rings. The molecule has 2 aromatic heterocycles. The number of amides is 1. The molecule has 0 fully saturated rings. The third-order valence-corrected chi connectivity index (χ3v) is 5.49. The topological polar surface area (TPSA) is 95.1 Å². The van der Waals surface area contributed by atoms with Crippen LogP contribution in [0.3, 0.4) is 0 Å². The summed E-state index contributed by atoms with van der Waals surface area (Å²) >= 11 is 3.55. The molecule has 8 nitrogen and oxygen atoms in total. The Labute approximate surface area is 184 Å². The normalized spacial score (nSPS) is 11.1. The summed E-state index contributed by atoms with van der Waals surface area (Å²) in [6.07, 6.45) is 2.99. The van der Waals surface area contributed by atoms with Crippen molar-refractivity contribution in [3.8, 4) is 17.3 Å². The molecule has 2 heterocycles. The lowest BCUT2D eigenvalue weighted by molar-refractivity contribution is 0.0940. The number of nitrogens with zero attached hydrogens (tertiary/aromatic N) is 4. The van der Waals surface area contributed by atoms with Gasteiger partial charge in [-0.15, -0.1) is 10.2 Å². The highest BCUT2D eigenvalue weighted by molar-refractivity contribution is 9.10. The van der Waals surface area contributed by atoms with Crippen molar-refractivity contribution in [2.45, 2.75) is 40.0 Å². The summed E-state index contributed by atoms with van der Waals surface area (Å²) < 4.78 is 13.6. The molecular formula is C21H26BrN5O3. The van der Waals surface area contributed by atoms with E-state index in [1.807, 2.05) is 19.1 Å². The van der Waals surface area contributed by atoms with Crippen molar-refractivity contribution in [3.05, 3.63) is 45.9 Å². The lowest BCUT2D eigenvalue weighted by Gasteiger charge is -2.08. The zero-order chi connectivity index (χ0) is 21.5. The van der Waals surface area contributed by atoms with Crippen LogP contribution in [-0.2, 0) is 4.74 Å². The zero-order valence-electron chi connectivity index (χ0n) is 17.4. The van der Waals surface area contributed by atoms with Crippen LogP contribution in [-0.4, -0.2) is 45.6 Å². The zero-order valence-corrected chi connectivity index (χ0v) is 19.0. The fraction of sp³-hybridized carbons (Fsp3) is 0.429. The molecular weight excluding hydrogens is 450 g/mol. The summed E-state index contributed by atoms with van der Waals surface area (Å²) in [6, 6.07) is 7.29. The molecule has 0 atom stereocenters. The quantitative estimate of drug-likeness (QED) is 0.440. The number of nitrogens with one attached hydrogen (secondary N) is 1. The van der Waals surface area contributed by atoms with Crippen LogP contribution in [0.1, 0.15) is 48.1 Å². The molecule has 9 heteroatoms. The van der Waals surface area contributed by atoms with E-state index in [2.05, 4.69) is 43.5 Å². The summed E-state index contributed by atoms with van der Waals surface area (Å²) in [5.74, 6) is 0.735. The van der Waals surface area contributed by atoms with Crippen molar-refractivity contribution in [3.63, 3.8) is 0 Å². The number of hydrogen-bond acceptors (Lipinski definition) is 6. The summed E-state index contributed by atoms with van der Waals surface area (Å²) in [4.78, 5) is 12.3. The monoisotopic (exact) mass is 475 g/mol. The summed E-state index contributed by atoms with van der Waals surface area (Å²) in [5, 5.41) is 15.4. The molecule has 1 aromatic carbocycles. The average molecular weight is 476 g/mol. The summed E-state index contributed by atoms with van der Waals surface area (Å²) in [6.45, 7) is 7.83. The Bertz CT molecular complexity index is 981. The van der Waals surface area contributed by atoms with E-state index in [9.17, 15) is 4.79 Å². The van der Waals surface area contributed by atoms with E-state index in [0.29, 0.717) is 36.2 Å². The molecule has 160 valence electrons. The number of halogens is 1. The Hall–Kier alpha value is -2.52. The van der Waals surface area contributed by atoms with Gasteiger partial charge in [0.15, 0.2) is 5.69 Å². The van der Waals surface area contributed by atoms with E-state index in [1.165, 1.54) is 0 Å². The number of aryl methyl sites for hydroxylation is 1. The first-order valence-electron chi connectivity index (χ1n) is 10.0. The number of hydrogen-bond donors (Lipinski definition) is 1. The predicted octanol–water partition coefficient (Wildman–Crippen LogP) is 4.24. The van der Waals surface area contributed by atoms with Gasteiger partial charge in [-0.2, -0.15) is 5.10 Å². The van der Waals surface area contributed by atoms with Crippen LogP contribution in [0.2, 0.25) is 0 Å². The second-order valence-corrected chi connectivity index (χ2v) is 7.70. The highest BCUT2D eigenvalue weighted by atomic mass is 79.9. The van der Waals surface area contributed by atoms with E-state index in [0.717, 1.165) is 41.7 Å². The highest BCUT2D eigenvalue weighted by Gasteiger charge is 2.19. The number of rotatable bonds is 10. The number of benzene rings is 1. The van der Waals surface area contributed by atoms with Crippen LogP contribution in [0.25, 0.3) is 17.3 Å². The first-order valence-corrected chi connectivity index (χ1v) is 10.8. The van der Waals surface area contributed by atoms with Crippen molar-refractivity contribution >= 4 is 21.8 Å². The molecule has 1 amide bonds. The number of carbonyl (C=O) groups excluding carboxylic acids is 1. The molecule has 0 aliphatic carbocycles. The fourth-order valence-corrected chi connectivity index (χ4v) is 3.26. The molecule has 0 saturated carbocycles. The molecule has 0 aliphatic rings.